The van der Waals surface area contributed by atoms with Gasteiger partial charge in [-0.1, -0.05) is 6.42 Å². The highest BCUT2D eigenvalue weighted by Gasteiger charge is 2.44. The van der Waals surface area contributed by atoms with E-state index in [0.29, 0.717) is 12.8 Å². The molecule has 1 aliphatic carbocycles. The van der Waals surface area contributed by atoms with E-state index in [1.165, 1.54) is 6.92 Å². The van der Waals surface area contributed by atoms with Crippen molar-refractivity contribution in [3.8, 4) is 0 Å². The molecule has 0 spiro atoms. The maximum absolute atomic E-state index is 10.7. The van der Waals surface area contributed by atoms with Crippen LogP contribution in [0.3, 0.4) is 0 Å². The average molecular weight is 156 g/mol. The minimum atomic E-state index is -0.807. The quantitative estimate of drug-likeness (QED) is 0.668. The van der Waals surface area contributed by atoms with Gasteiger partial charge in [-0.05, 0) is 19.8 Å². The van der Waals surface area contributed by atoms with E-state index >= 15 is 0 Å². The Balaban J connectivity index is 2.61. The molecular weight excluding hydrogens is 144 g/mol. The molecule has 0 aromatic rings. The first-order valence-electron chi connectivity index (χ1n) is 3.80. The molecule has 1 fully saturated rings. The number of aliphatic carboxylic acids is 1. The van der Waals surface area contributed by atoms with E-state index in [4.69, 9.17) is 5.11 Å². The van der Waals surface area contributed by atoms with E-state index < -0.39 is 11.4 Å². The third-order valence-electron chi connectivity index (χ3n) is 2.35. The van der Waals surface area contributed by atoms with Gasteiger partial charge in [-0.3, -0.25) is 9.59 Å². The number of carboxylic acids is 1. The van der Waals surface area contributed by atoms with Gasteiger partial charge in [0.1, 0.15) is 5.78 Å². The zero-order valence-electron chi connectivity index (χ0n) is 6.59. The fraction of sp³-hybridized carbons (Fsp3) is 0.750. The molecule has 0 aliphatic heterocycles. The van der Waals surface area contributed by atoms with Crippen LogP contribution in [0.1, 0.15) is 32.6 Å². The van der Waals surface area contributed by atoms with Gasteiger partial charge in [0, 0.05) is 6.42 Å². The van der Waals surface area contributed by atoms with Crippen LogP contribution in [0.5, 0.6) is 0 Å². The summed E-state index contributed by atoms with van der Waals surface area (Å²) in [6.07, 6.45) is 2.49. The van der Waals surface area contributed by atoms with Crippen LogP contribution in [0.15, 0.2) is 0 Å². The zero-order valence-corrected chi connectivity index (χ0v) is 6.59. The summed E-state index contributed by atoms with van der Waals surface area (Å²) in [7, 11) is 0. The maximum atomic E-state index is 10.7. The van der Waals surface area contributed by atoms with Crippen LogP contribution in [0.2, 0.25) is 0 Å². The number of Topliss-reactive ketones (excluding diaryl/α,β-unsaturated/α-hetero) is 1. The molecule has 0 atom stereocenters. The number of carbonyl (C=O) groups excluding carboxylic acids is 1. The molecule has 1 N–H and O–H groups in total. The summed E-state index contributed by atoms with van der Waals surface area (Å²) >= 11 is 0. The lowest BCUT2D eigenvalue weighted by molar-refractivity contribution is -0.157. The predicted octanol–water partition coefficient (Wildman–Crippen LogP) is 1.22. The zero-order chi connectivity index (χ0) is 8.48. The first-order valence-corrected chi connectivity index (χ1v) is 3.80. The van der Waals surface area contributed by atoms with Crippen molar-refractivity contribution in [2.45, 2.75) is 32.6 Å². The molecule has 0 saturated heterocycles. The Kier molecular flexibility index (Phi) is 1.98. The van der Waals surface area contributed by atoms with E-state index in [1.807, 2.05) is 0 Å². The summed E-state index contributed by atoms with van der Waals surface area (Å²) < 4.78 is 0. The highest BCUT2D eigenvalue weighted by Crippen LogP contribution is 2.44. The highest BCUT2D eigenvalue weighted by molar-refractivity contribution is 5.85. The Hall–Kier alpha value is -0.860. The van der Waals surface area contributed by atoms with Gasteiger partial charge in [-0.15, -0.1) is 0 Å². The summed E-state index contributed by atoms with van der Waals surface area (Å²) in [5.41, 5.74) is -0.689. The molecule has 62 valence electrons. The topological polar surface area (TPSA) is 54.4 Å². The predicted molar refractivity (Wildman–Crippen MR) is 39.2 cm³/mol. The van der Waals surface area contributed by atoms with Crippen molar-refractivity contribution < 1.29 is 14.7 Å². The van der Waals surface area contributed by atoms with Gasteiger partial charge < -0.3 is 5.11 Å². The number of rotatable bonds is 3. The smallest absolute Gasteiger partial charge is 0.310 e. The minimum absolute atomic E-state index is 0.0212. The van der Waals surface area contributed by atoms with Crippen LogP contribution in [-0.4, -0.2) is 16.9 Å². The van der Waals surface area contributed by atoms with Crippen molar-refractivity contribution in [3.63, 3.8) is 0 Å². The minimum Gasteiger partial charge on any atom is -0.481 e. The molecule has 0 amide bonds. The Morgan fingerprint density at radius 3 is 2.09 bits per heavy atom. The molecule has 1 aliphatic rings. The van der Waals surface area contributed by atoms with E-state index in [2.05, 4.69) is 0 Å². The van der Waals surface area contributed by atoms with Crippen molar-refractivity contribution >= 4 is 11.8 Å². The van der Waals surface area contributed by atoms with Crippen LogP contribution in [-0.2, 0) is 9.59 Å². The van der Waals surface area contributed by atoms with Crippen molar-refractivity contribution in [1.29, 1.82) is 0 Å². The third kappa shape index (κ3) is 1.42. The van der Waals surface area contributed by atoms with Crippen molar-refractivity contribution in [2.24, 2.45) is 5.41 Å². The Morgan fingerprint density at radius 2 is 2.00 bits per heavy atom. The summed E-state index contributed by atoms with van der Waals surface area (Å²) in [5.74, 6) is -0.828. The Labute approximate surface area is 65.4 Å². The standard InChI is InChI=1S/C8H12O3/c1-6(9)5-8(7(10)11)3-2-4-8/h2-5H2,1H3,(H,10,11). The lowest BCUT2D eigenvalue weighted by Crippen LogP contribution is -2.39. The number of ketones is 1. The van der Waals surface area contributed by atoms with Gasteiger partial charge in [-0.25, -0.2) is 0 Å². The summed E-state index contributed by atoms with van der Waals surface area (Å²) in [6.45, 7) is 1.45. The lowest BCUT2D eigenvalue weighted by Gasteiger charge is -2.36. The van der Waals surface area contributed by atoms with Crippen molar-refractivity contribution in [2.75, 3.05) is 0 Å². The van der Waals surface area contributed by atoms with Crippen LogP contribution >= 0.6 is 0 Å². The van der Waals surface area contributed by atoms with Gasteiger partial charge in [0.15, 0.2) is 0 Å². The molecule has 0 bridgehead atoms. The van der Waals surface area contributed by atoms with Gasteiger partial charge >= 0.3 is 5.97 Å². The molecule has 0 radical (unpaired) electrons. The molecule has 1 rings (SSSR count). The molecule has 1 saturated carbocycles. The van der Waals surface area contributed by atoms with Gasteiger partial charge in [-0.2, -0.15) is 0 Å². The molecule has 0 unspecified atom stereocenters. The molecule has 0 aromatic carbocycles. The van der Waals surface area contributed by atoms with E-state index in [0.717, 1.165) is 6.42 Å². The average Bonchev–Trinajstić information content (AvgIpc) is 1.77. The van der Waals surface area contributed by atoms with Gasteiger partial charge in [0.05, 0.1) is 5.41 Å². The monoisotopic (exact) mass is 156 g/mol. The fourth-order valence-electron chi connectivity index (χ4n) is 1.55. The SMILES string of the molecule is CC(=O)CC1(C(=O)O)CCC1. The lowest BCUT2D eigenvalue weighted by atomic mass is 9.66. The molecule has 0 aromatic heterocycles. The Morgan fingerprint density at radius 1 is 1.45 bits per heavy atom. The number of carboxylic acid groups (broad SMARTS) is 1. The number of hydrogen-bond donors (Lipinski definition) is 1. The third-order valence-corrected chi connectivity index (χ3v) is 2.35. The normalized spacial score (nSPS) is 20.5. The Bertz CT molecular complexity index is 192. The summed E-state index contributed by atoms with van der Waals surface area (Å²) in [6, 6.07) is 0. The fourth-order valence-corrected chi connectivity index (χ4v) is 1.55. The van der Waals surface area contributed by atoms with E-state index in [1.54, 1.807) is 0 Å². The second-order valence-electron chi connectivity index (χ2n) is 3.32. The first-order chi connectivity index (χ1) is 5.07. The second kappa shape index (κ2) is 2.64. The van der Waals surface area contributed by atoms with E-state index in [9.17, 15) is 9.59 Å². The first kappa shape index (κ1) is 8.24. The summed E-state index contributed by atoms with van der Waals surface area (Å²) in [4.78, 5) is 21.4. The van der Waals surface area contributed by atoms with Gasteiger partial charge in [0.25, 0.3) is 0 Å². The molecule has 11 heavy (non-hydrogen) atoms. The van der Waals surface area contributed by atoms with Crippen LogP contribution in [0, 0.1) is 5.41 Å². The van der Waals surface area contributed by atoms with Crippen molar-refractivity contribution in [1.82, 2.24) is 0 Å². The molecule has 0 heterocycles. The van der Waals surface area contributed by atoms with Crippen LogP contribution in [0.4, 0.5) is 0 Å². The maximum Gasteiger partial charge on any atom is 0.310 e. The molecule has 3 heteroatoms. The van der Waals surface area contributed by atoms with Crippen molar-refractivity contribution in [3.05, 3.63) is 0 Å². The highest BCUT2D eigenvalue weighted by atomic mass is 16.4. The van der Waals surface area contributed by atoms with Crippen LogP contribution < -0.4 is 0 Å². The molecular formula is C8H12O3. The molecule has 3 nitrogen and oxygen atoms in total. The second-order valence-corrected chi connectivity index (χ2v) is 3.32. The van der Waals surface area contributed by atoms with Gasteiger partial charge in [0.2, 0.25) is 0 Å². The number of hydrogen-bond acceptors (Lipinski definition) is 2. The summed E-state index contributed by atoms with van der Waals surface area (Å²) in [5, 5.41) is 8.78. The largest absolute Gasteiger partial charge is 0.481 e. The van der Waals surface area contributed by atoms with Crippen LogP contribution in [0.25, 0.3) is 0 Å². The van der Waals surface area contributed by atoms with E-state index in [-0.39, 0.29) is 12.2 Å². The number of carbonyl (C=O) groups is 2.